The van der Waals surface area contributed by atoms with Crippen molar-refractivity contribution < 1.29 is 23.7 Å². The zero-order valence-corrected chi connectivity index (χ0v) is 15.5. The lowest BCUT2D eigenvalue weighted by Gasteiger charge is -2.27. The number of hydrogen-bond acceptors (Lipinski definition) is 7. The molecule has 0 spiro atoms. The van der Waals surface area contributed by atoms with Gasteiger partial charge in [0.15, 0.2) is 22.9 Å². The number of aliphatic imine (C=N–C) groups is 1. The van der Waals surface area contributed by atoms with Gasteiger partial charge in [-0.3, -0.25) is 0 Å². The lowest BCUT2D eigenvalue weighted by Crippen LogP contribution is -2.46. The van der Waals surface area contributed by atoms with Gasteiger partial charge in [0, 0.05) is 6.92 Å². The molecular weight excluding hydrogens is 318 g/mol. The zero-order chi connectivity index (χ0) is 16.8. The molecule has 1 unspecified atom stereocenters. The van der Waals surface area contributed by atoms with E-state index in [1.807, 2.05) is 34.6 Å². The van der Waals surface area contributed by atoms with Crippen molar-refractivity contribution in [3.05, 3.63) is 0 Å². The van der Waals surface area contributed by atoms with Crippen molar-refractivity contribution in [3.63, 3.8) is 0 Å². The van der Waals surface area contributed by atoms with Gasteiger partial charge in [-0.2, -0.15) is 0 Å². The normalized spacial score (nSPS) is 41.8. The van der Waals surface area contributed by atoms with E-state index in [9.17, 15) is 0 Å². The minimum atomic E-state index is -0.668. The molecule has 7 heteroatoms. The summed E-state index contributed by atoms with van der Waals surface area (Å²) in [7, 11) is 0. The van der Waals surface area contributed by atoms with Gasteiger partial charge in [0.2, 0.25) is 0 Å². The molecule has 0 N–H and O–H groups in total. The number of hydrogen-bond donors (Lipinski definition) is 0. The van der Waals surface area contributed by atoms with Gasteiger partial charge in [-0.1, -0.05) is 6.92 Å². The van der Waals surface area contributed by atoms with Gasteiger partial charge in [-0.05, 0) is 33.4 Å². The molecule has 2 saturated heterocycles. The summed E-state index contributed by atoms with van der Waals surface area (Å²) in [6, 6.07) is -0.0981. The van der Waals surface area contributed by atoms with Crippen molar-refractivity contribution in [2.24, 2.45) is 4.99 Å². The van der Waals surface area contributed by atoms with Crippen molar-refractivity contribution in [1.29, 1.82) is 0 Å². The summed E-state index contributed by atoms with van der Waals surface area (Å²) in [6.07, 6.45) is -0.607. The van der Waals surface area contributed by atoms with E-state index in [4.69, 9.17) is 23.7 Å². The molecule has 0 aliphatic carbocycles. The molecule has 0 saturated carbocycles. The third-order valence-corrected chi connectivity index (χ3v) is 5.16. The summed E-state index contributed by atoms with van der Waals surface area (Å²) in [5.74, 6) is 0.409. The third-order valence-electron chi connectivity index (χ3n) is 4.12. The summed E-state index contributed by atoms with van der Waals surface area (Å²) < 4.78 is 29.9. The summed E-state index contributed by atoms with van der Waals surface area (Å²) in [4.78, 5) is 4.67. The lowest BCUT2D eigenvalue weighted by molar-refractivity contribution is -0.174. The molecule has 3 rings (SSSR count). The van der Waals surface area contributed by atoms with E-state index in [-0.39, 0.29) is 29.8 Å². The SMILES string of the molecule is CCSC1OC(C)=N[C@@H]1[C@@H]1OC(C)(C)O[C@H]1[C@@H]1COC(C)(C)O1. The van der Waals surface area contributed by atoms with Gasteiger partial charge < -0.3 is 23.7 Å². The van der Waals surface area contributed by atoms with Gasteiger partial charge in [-0.15, -0.1) is 11.8 Å². The molecule has 0 bridgehead atoms. The first-order chi connectivity index (χ1) is 10.7. The standard InChI is InChI=1S/C16H27NO5S/c1-7-23-14-11(17-9(2)19-14)13-12(21-16(5,6)22-13)10-8-18-15(3,4)20-10/h10-14H,7-8H2,1-6H3/t10-,11+,12-,13-,14?/m0/s1. The van der Waals surface area contributed by atoms with Crippen LogP contribution in [0.15, 0.2) is 4.99 Å². The topological polar surface area (TPSA) is 58.5 Å². The number of thioether (sulfide) groups is 1. The van der Waals surface area contributed by atoms with Gasteiger partial charge in [0.1, 0.15) is 24.4 Å². The van der Waals surface area contributed by atoms with E-state index in [0.29, 0.717) is 12.5 Å². The first-order valence-corrected chi connectivity index (χ1v) is 9.26. The average molecular weight is 345 g/mol. The fourth-order valence-electron chi connectivity index (χ4n) is 3.31. The van der Waals surface area contributed by atoms with Gasteiger partial charge in [0.25, 0.3) is 0 Å². The zero-order valence-electron chi connectivity index (χ0n) is 14.7. The van der Waals surface area contributed by atoms with Gasteiger partial charge >= 0.3 is 0 Å². The van der Waals surface area contributed by atoms with Crippen molar-refractivity contribution in [3.8, 4) is 0 Å². The minimum absolute atomic E-state index is 0.0414. The van der Waals surface area contributed by atoms with Crippen LogP contribution in [0.4, 0.5) is 0 Å². The van der Waals surface area contributed by atoms with Crippen LogP contribution in [0.1, 0.15) is 41.5 Å². The first-order valence-electron chi connectivity index (χ1n) is 8.21. The van der Waals surface area contributed by atoms with Gasteiger partial charge in [0.05, 0.1) is 6.61 Å². The Hall–Kier alpha value is -0.340. The van der Waals surface area contributed by atoms with E-state index < -0.39 is 11.6 Å². The summed E-state index contributed by atoms with van der Waals surface area (Å²) in [5.41, 5.74) is -0.0414. The fraction of sp³-hybridized carbons (Fsp3) is 0.938. The van der Waals surface area contributed by atoms with Crippen molar-refractivity contribution in [2.45, 2.75) is 82.9 Å². The van der Waals surface area contributed by atoms with E-state index >= 15 is 0 Å². The second-order valence-corrected chi connectivity index (χ2v) is 8.39. The van der Waals surface area contributed by atoms with Crippen LogP contribution >= 0.6 is 11.8 Å². The minimum Gasteiger partial charge on any atom is -0.465 e. The molecule has 3 aliphatic rings. The molecule has 132 valence electrons. The van der Waals surface area contributed by atoms with Crippen LogP contribution in [0.25, 0.3) is 0 Å². The lowest BCUT2D eigenvalue weighted by atomic mass is 10.0. The average Bonchev–Trinajstić information content (AvgIpc) is 3.06. The molecule has 0 aromatic heterocycles. The molecule has 0 aromatic rings. The second kappa shape index (κ2) is 6.19. The van der Waals surface area contributed by atoms with Crippen LogP contribution < -0.4 is 0 Å². The van der Waals surface area contributed by atoms with Crippen LogP contribution in [0.3, 0.4) is 0 Å². The number of ether oxygens (including phenoxy) is 5. The Morgan fingerprint density at radius 1 is 1.09 bits per heavy atom. The van der Waals surface area contributed by atoms with E-state index in [2.05, 4.69) is 11.9 Å². The highest BCUT2D eigenvalue weighted by Crippen LogP contribution is 2.40. The fourth-order valence-corrected chi connectivity index (χ4v) is 4.26. The number of rotatable bonds is 4. The highest BCUT2D eigenvalue weighted by atomic mass is 32.2. The Morgan fingerprint density at radius 3 is 2.39 bits per heavy atom. The van der Waals surface area contributed by atoms with Crippen molar-refractivity contribution in [2.75, 3.05) is 12.4 Å². The molecule has 2 fully saturated rings. The Bertz CT molecular complexity index is 481. The monoisotopic (exact) mass is 345 g/mol. The second-order valence-electron chi connectivity index (χ2n) is 7.01. The molecule has 23 heavy (non-hydrogen) atoms. The molecule has 0 radical (unpaired) electrons. The molecule has 5 atom stereocenters. The molecule has 0 aromatic carbocycles. The Morgan fingerprint density at radius 2 is 1.78 bits per heavy atom. The summed E-state index contributed by atoms with van der Waals surface area (Å²) >= 11 is 1.74. The summed E-state index contributed by atoms with van der Waals surface area (Å²) in [6.45, 7) is 12.2. The van der Waals surface area contributed by atoms with Crippen molar-refractivity contribution in [1.82, 2.24) is 0 Å². The molecular formula is C16H27NO5S. The molecule has 3 aliphatic heterocycles. The maximum Gasteiger partial charge on any atom is 0.182 e. The summed E-state index contributed by atoms with van der Waals surface area (Å²) in [5, 5.41) is 0. The first kappa shape index (κ1) is 17.5. The smallest absolute Gasteiger partial charge is 0.182 e. The highest BCUT2D eigenvalue weighted by molar-refractivity contribution is 7.99. The Kier molecular flexibility index (Phi) is 4.70. The number of nitrogens with zero attached hydrogens (tertiary/aromatic N) is 1. The molecule has 0 amide bonds. The van der Waals surface area contributed by atoms with E-state index in [1.54, 1.807) is 11.8 Å². The predicted molar refractivity (Wildman–Crippen MR) is 88.6 cm³/mol. The van der Waals surface area contributed by atoms with E-state index in [1.165, 1.54) is 0 Å². The van der Waals surface area contributed by atoms with E-state index in [0.717, 1.165) is 5.75 Å². The Balaban J connectivity index is 1.80. The third kappa shape index (κ3) is 3.69. The van der Waals surface area contributed by atoms with Crippen LogP contribution in [0.2, 0.25) is 0 Å². The van der Waals surface area contributed by atoms with Crippen LogP contribution in [0.5, 0.6) is 0 Å². The van der Waals surface area contributed by atoms with Crippen LogP contribution in [-0.4, -0.2) is 59.6 Å². The van der Waals surface area contributed by atoms with Crippen LogP contribution in [0, 0.1) is 0 Å². The maximum atomic E-state index is 6.19. The van der Waals surface area contributed by atoms with Crippen LogP contribution in [-0.2, 0) is 23.7 Å². The quantitative estimate of drug-likeness (QED) is 0.780. The maximum absolute atomic E-state index is 6.19. The highest BCUT2D eigenvalue weighted by Gasteiger charge is 2.55. The van der Waals surface area contributed by atoms with Gasteiger partial charge in [-0.25, -0.2) is 4.99 Å². The predicted octanol–water partition coefficient (Wildman–Crippen LogP) is 2.55. The van der Waals surface area contributed by atoms with Crippen molar-refractivity contribution >= 4 is 17.7 Å². The Labute approximate surface area is 142 Å². The largest absolute Gasteiger partial charge is 0.465 e. The molecule has 6 nitrogen and oxygen atoms in total. The molecule has 3 heterocycles.